The number of hydrogen-bond donors (Lipinski definition) is 2. The van der Waals surface area contributed by atoms with Gasteiger partial charge in [0.05, 0.1) is 11.1 Å². The van der Waals surface area contributed by atoms with Gasteiger partial charge in [-0.05, 0) is 59.8 Å². The molecule has 1 amide bonds. The Balaban J connectivity index is 1.69. The van der Waals surface area contributed by atoms with Gasteiger partial charge in [0.2, 0.25) is 5.91 Å². The van der Waals surface area contributed by atoms with Gasteiger partial charge in [-0.3, -0.25) is 4.79 Å². The maximum Gasteiger partial charge on any atom is 0.225 e. The smallest absolute Gasteiger partial charge is 0.225 e. The molecule has 0 radical (unpaired) electrons. The molecule has 2 aliphatic rings. The van der Waals surface area contributed by atoms with Crippen molar-refractivity contribution in [3.63, 3.8) is 0 Å². The summed E-state index contributed by atoms with van der Waals surface area (Å²) in [5.41, 5.74) is 7.55. The molecule has 4 nitrogen and oxygen atoms in total. The second-order valence-electron chi connectivity index (χ2n) is 6.54. The van der Waals surface area contributed by atoms with Gasteiger partial charge in [0.25, 0.3) is 0 Å². The monoisotopic (exact) mass is 351 g/mol. The van der Waals surface area contributed by atoms with E-state index in [0.717, 1.165) is 35.7 Å². The number of halogens is 1. The Morgan fingerprint density at radius 2 is 2.29 bits per heavy atom. The van der Waals surface area contributed by atoms with Crippen molar-refractivity contribution >= 4 is 27.5 Å². The highest BCUT2D eigenvalue weighted by molar-refractivity contribution is 9.10. The second kappa shape index (κ2) is 5.61. The zero-order valence-electron chi connectivity index (χ0n) is 12.4. The number of primary amides is 1. The predicted octanol–water partition coefficient (Wildman–Crippen LogP) is 2.40. The highest BCUT2D eigenvalue weighted by Gasteiger charge is 2.39. The van der Waals surface area contributed by atoms with Gasteiger partial charge in [0.15, 0.2) is 0 Å². The maximum atomic E-state index is 11.6. The number of carbonyl (C=O) groups excluding carboxylic acids is 1. The first kappa shape index (κ1) is 14.9. The van der Waals surface area contributed by atoms with Gasteiger partial charge < -0.3 is 16.0 Å². The normalized spacial score (nSPS) is 25.3. The van der Waals surface area contributed by atoms with Crippen LogP contribution in [0, 0.1) is 5.41 Å². The summed E-state index contributed by atoms with van der Waals surface area (Å²) in [5.74, 6) is -0.202. The first-order valence-electron chi connectivity index (χ1n) is 7.55. The van der Waals surface area contributed by atoms with E-state index in [1.807, 2.05) is 6.92 Å². The van der Waals surface area contributed by atoms with E-state index in [9.17, 15) is 4.79 Å². The van der Waals surface area contributed by atoms with E-state index in [0.29, 0.717) is 6.54 Å². The number of hydrogen-bond acceptors (Lipinski definition) is 3. The molecule has 1 aromatic rings. The number of nitrogens with zero attached hydrogens (tertiary/aromatic N) is 1. The molecule has 1 saturated heterocycles. The summed E-state index contributed by atoms with van der Waals surface area (Å²) in [6.45, 7) is 4.44. The van der Waals surface area contributed by atoms with E-state index in [-0.39, 0.29) is 5.91 Å². The summed E-state index contributed by atoms with van der Waals surface area (Å²) >= 11 is 3.67. The number of amides is 1. The van der Waals surface area contributed by atoms with Crippen LogP contribution in [0.5, 0.6) is 0 Å². The van der Waals surface area contributed by atoms with Gasteiger partial charge in [0.1, 0.15) is 0 Å². The van der Waals surface area contributed by atoms with Crippen molar-refractivity contribution < 1.29 is 4.79 Å². The van der Waals surface area contributed by atoms with Crippen molar-refractivity contribution in [1.29, 1.82) is 0 Å². The fourth-order valence-electron chi connectivity index (χ4n) is 2.83. The Kier molecular flexibility index (Phi) is 3.97. The number of nitrogens with two attached hydrogens (primary N) is 1. The van der Waals surface area contributed by atoms with Gasteiger partial charge in [-0.25, -0.2) is 0 Å². The number of anilines is 1. The molecular weight excluding hydrogens is 330 g/mol. The molecule has 0 aromatic heterocycles. The largest absolute Gasteiger partial charge is 0.370 e. The molecule has 2 fully saturated rings. The molecule has 3 rings (SSSR count). The van der Waals surface area contributed by atoms with Gasteiger partial charge in [0, 0.05) is 30.1 Å². The van der Waals surface area contributed by atoms with E-state index in [2.05, 4.69) is 44.3 Å². The van der Waals surface area contributed by atoms with Gasteiger partial charge in [-0.15, -0.1) is 0 Å². The summed E-state index contributed by atoms with van der Waals surface area (Å²) in [5, 5.41) is 3.52. The average Bonchev–Trinajstić information content (AvgIpc) is 3.18. The minimum absolute atomic E-state index is 0.202. The Labute approximate surface area is 134 Å². The van der Waals surface area contributed by atoms with Crippen molar-refractivity contribution in [2.45, 2.75) is 38.8 Å². The van der Waals surface area contributed by atoms with Crippen LogP contribution in [0.4, 0.5) is 5.69 Å². The molecule has 1 aliphatic heterocycles. The summed E-state index contributed by atoms with van der Waals surface area (Å²) in [6, 6.07) is 7.19. The SMILES string of the molecule is CC1(C(N)=O)CCN(c2ccc(CNC3CC3)cc2Br)C1. The molecule has 1 aliphatic carbocycles. The third-order valence-corrected chi connectivity index (χ3v) is 5.23. The van der Waals surface area contributed by atoms with Crippen molar-refractivity contribution in [1.82, 2.24) is 5.32 Å². The second-order valence-corrected chi connectivity index (χ2v) is 7.39. The van der Waals surface area contributed by atoms with E-state index < -0.39 is 5.41 Å². The van der Waals surface area contributed by atoms with Crippen LogP contribution in [-0.2, 0) is 11.3 Å². The van der Waals surface area contributed by atoms with Gasteiger partial charge in [-0.1, -0.05) is 6.07 Å². The van der Waals surface area contributed by atoms with Crippen molar-refractivity contribution in [2.24, 2.45) is 11.1 Å². The standard InChI is InChI=1S/C16H22BrN3O/c1-16(15(18)21)6-7-20(10-16)14-5-2-11(8-13(14)17)9-19-12-3-4-12/h2,5,8,12,19H,3-4,6-7,9-10H2,1H3,(H2,18,21). The minimum Gasteiger partial charge on any atom is -0.370 e. The van der Waals surface area contributed by atoms with Gasteiger partial charge >= 0.3 is 0 Å². The summed E-state index contributed by atoms with van der Waals surface area (Å²) in [7, 11) is 0. The van der Waals surface area contributed by atoms with Gasteiger partial charge in [-0.2, -0.15) is 0 Å². The van der Waals surface area contributed by atoms with Crippen LogP contribution in [0.3, 0.4) is 0 Å². The summed E-state index contributed by atoms with van der Waals surface area (Å²) < 4.78 is 1.09. The fraction of sp³-hybridized carbons (Fsp3) is 0.562. The first-order valence-corrected chi connectivity index (χ1v) is 8.34. The molecule has 3 N–H and O–H groups in total. The van der Waals surface area contributed by atoms with Crippen molar-refractivity contribution in [3.8, 4) is 0 Å². The predicted molar refractivity (Wildman–Crippen MR) is 88.1 cm³/mol. The molecule has 5 heteroatoms. The van der Waals surface area contributed by atoms with E-state index >= 15 is 0 Å². The summed E-state index contributed by atoms with van der Waals surface area (Å²) in [4.78, 5) is 13.8. The van der Waals surface area contributed by atoms with Crippen LogP contribution >= 0.6 is 15.9 Å². The van der Waals surface area contributed by atoms with E-state index in [4.69, 9.17) is 5.73 Å². The Morgan fingerprint density at radius 1 is 1.52 bits per heavy atom. The quantitative estimate of drug-likeness (QED) is 0.856. The fourth-order valence-corrected chi connectivity index (χ4v) is 3.51. The summed E-state index contributed by atoms with van der Waals surface area (Å²) in [6.07, 6.45) is 3.43. The molecule has 0 bridgehead atoms. The zero-order valence-corrected chi connectivity index (χ0v) is 13.9. The number of rotatable bonds is 5. The van der Waals surface area contributed by atoms with Crippen LogP contribution in [-0.4, -0.2) is 25.0 Å². The van der Waals surface area contributed by atoms with Crippen LogP contribution in [0.15, 0.2) is 22.7 Å². The molecule has 1 aromatic carbocycles. The van der Waals surface area contributed by atoms with Crippen LogP contribution in [0.25, 0.3) is 0 Å². The Morgan fingerprint density at radius 3 is 2.86 bits per heavy atom. The molecule has 21 heavy (non-hydrogen) atoms. The number of carbonyl (C=O) groups is 1. The van der Waals surface area contributed by atoms with Crippen LogP contribution < -0.4 is 16.0 Å². The third-order valence-electron chi connectivity index (χ3n) is 4.59. The zero-order chi connectivity index (χ0) is 15.0. The molecule has 0 spiro atoms. The minimum atomic E-state index is -0.411. The Hall–Kier alpha value is -1.07. The molecule has 114 valence electrons. The van der Waals surface area contributed by atoms with E-state index in [1.165, 1.54) is 18.4 Å². The Bertz CT molecular complexity index is 558. The van der Waals surface area contributed by atoms with Crippen molar-refractivity contribution in [3.05, 3.63) is 28.2 Å². The lowest BCUT2D eigenvalue weighted by Gasteiger charge is -2.23. The average molecular weight is 352 g/mol. The maximum absolute atomic E-state index is 11.6. The number of nitrogens with one attached hydrogen (secondary N) is 1. The lowest BCUT2D eigenvalue weighted by Crippen LogP contribution is -2.37. The number of benzene rings is 1. The lowest BCUT2D eigenvalue weighted by atomic mass is 9.89. The molecule has 1 unspecified atom stereocenters. The first-order chi connectivity index (χ1) is 9.98. The molecular formula is C16H22BrN3O. The van der Waals surface area contributed by atoms with E-state index in [1.54, 1.807) is 0 Å². The topological polar surface area (TPSA) is 58.4 Å². The highest BCUT2D eigenvalue weighted by atomic mass is 79.9. The molecule has 1 saturated carbocycles. The highest BCUT2D eigenvalue weighted by Crippen LogP contribution is 2.36. The van der Waals surface area contributed by atoms with Crippen molar-refractivity contribution in [2.75, 3.05) is 18.0 Å². The third kappa shape index (κ3) is 3.24. The molecule has 1 atom stereocenters. The van der Waals surface area contributed by atoms with Crippen LogP contribution in [0.1, 0.15) is 31.7 Å². The molecule has 1 heterocycles. The van der Waals surface area contributed by atoms with Crippen LogP contribution in [0.2, 0.25) is 0 Å². The lowest BCUT2D eigenvalue weighted by molar-refractivity contribution is -0.125.